The Morgan fingerprint density at radius 2 is 1.94 bits per heavy atom. The number of thiophene rings is 1. The molecule has 2 aliphatic heterocycles. The summed E-state index contributed by atoms with van der Waals surface area (Å²) < 4.78 is 5.61. The van der Waals surface area contributed by atoms with Crippen LogP contribution in [0.1, 0.15) is 55.0 Å². The Morgan fingerprint density at radius 1 is 1.18 bits per heavy atom. The maximum absolute atomic E-state index is 13.3. The van der Waals surface area contributed by atoms with E-state index in [1.165, 1.54) is 24.0 Å². The Balaban J connectivity index is 1.50. The van der Waals surface area contributed by atoms with Crippen LogP contribution in [0.3, 0.4) is 0 Å². The number of aliphatic hydroxyl groups is 1. The summed E-state index contributed by atoms with van der Waals surface area (Å²) in [6.07, 6.45) is 5.35. The van der Waals surface area contributed by atoms with E-state index in [2.05, 4.69) is 30.9 Å². The van der Waals surface area contributed by atoms with E-state index in [0.717, 1.165) is 42.5 Å². The first-order valence-corrected chi connectivity index (χ1v) is 13.7. The van der Waals surface area contributed by atoms with E-state index in [1.54, 1.807) is 18.4 Å². The molecule has 3 aliphatic rings. The van der Waals surface area contributed by atoms with Crippen LogP contribution in [0.2, 0.25) is 0 Å². The Kier molecular flexibility index (Phi) is 6.51. The molecular formula is C28H38N2O3S. The molecule has 1 aliphatic carbocycles. The maximum atomic E-state index is 13.3. The zero-order chi connectivity index (χ0) is 23.9. The Labute approximate surface area is 207 Å². The third-order valence-electron chi connectivity index (χ3n) is 8.87. The van der Waals surface area contributed by atoms with Crippen LogP contribution in [0, 0.1) is 12.8 Å². The molecule has 1 saturated carbocycles. The summed E-state index contributed by atoms with van der Waals surface area (Å²) in [5, 5.41) is 14.7. The Hall–Kier alpha value is -1.89. The highest BCUT2D eigenvalue weighted by molar-refractivity contribution is 7.10. The van der Waals surface area contributed by atoms with Gasteiger partial charge in [0.15, 0.2) is 0 Å². The molecule has 34 heavy (non-hydrogen) atoms. The summed E-state index contributed by atoms with van der Waals surface area (Å²) in [6.45, 7) is 7.72. The fraction of sp³-hybridized carbons (Fsp3) is 0.607. The minimum absolute atomic E-state index is 0.0415. The SMILES string of the molecule is COc1ccc(C)c(C23CCN(C(=O)Cc4cccs4)CCC2(O)C(C)N(CC2CC2)CC3)c1. The largest absolute Gasteiger partial charge is 0.497 e. The molecular weight excluding hydrogens is 444 g/mol. The lowest BCUT2D eigenvalue weighted by molar-refractivity contribution is -0.137. The van der Waals surface area contributed by atoms with E-state index in [4.69, 9.17) is 4.74 Å². The first-order valence-electron chi connectivity index (χ1n) is 12.8. The quantitative estimate of drug-likeness (QED) is 0.663. The van der Waals surface area contributed by atoms with Crippen LogP contribution in [-0.2, 0) is 16.6 Å². The van der Waals surface area contributed by atoms with Crippen LogP contribution in [-0.4, -0.2) is 65.7 Å². The van der Waals surface area contributed by atoms with Crippen molar-refractivity contribution in [3.63, 3.8) is 0 Å². The van der Waals surface area contributed by atoms with E-state index in [1.807, 2.05) is 28.5 Å². The van der Waals surface area contributed by atoms with Gasteiger partial charge in [0.2, 0.25) is 5.91 Å². The number of carbonyl (C=O) groups excluding carboxylic acids is 1. The van der Waals surface area contributed by atoms with Crippen molar-refractivity contribution in [3.8, 4) is 5.75 Å². The summed E-state index contributed by atoms with van der Waals surface area (Å²) in [6, 6.07) is 10.4. The van der Waals surface area contributed by atoms with Gasteiger partial charge in [-0.05, 0) is 93.1 Å². The van der Waals surface area contributed by atoms with Gasteiger partial charge in [-0.2, -0.15) is 0 Å². The Bertz CT molecular complexity index is 1020. The number of ether oxygens (including phenoxy) is 1. The highest BCUT2D eigenvalue weighted by Gasteiger charge is 2.59. The van der Waals surface area contributed by atoms with Crippen LogP contribution in [0.25, 0.3) is 0 Å². The van der Waals surface area contributed by atoms with E-state index in [9.17, 15) is 9.90 Å². The maximum Gasteiger partial charge on any atom is 0.227 e. The third kappa shape index (κ3) is 4.18. The minimum atomic E-state index is -0.908. The fourth-order valence-electron chi connectivity index (χ4n) is 6.53. The lowest BCUT2D eigenvalue weighted by Crippen LogP contribution is -2.68. The molecule has 3 atom stereocenters. The number of piperidine rings is 1. The van der Waals surface area contributed by atoms with Crippen molar-refractivity contribution in [2.45, 2.75) is 69.4 Å². The van der Waals surface area contributed by atoms with Crippen LogP contribution in [0.15, 0.2) is 35.7 Å². The molecule has 1 aromatic heterocycles. The second-order valence-electron chi connectivity index (χ2n) is 10.7. The van der Waals surface area contributed by atoms with Crippen LogP contribution < -0.4 is 4.74 Å². The van der Waals surface area contributed by atoms with Crippen molar-refractivity contribution < 1.29 is 14.6 Å². The van der Waals surface area contributed by atoms with Gasteiger partial charge in [-0.1, -0.05) is 12.1 Å². The van der Waals surface area contributed by atoms with Gasteiger partial charge >= 0.3 is 0 Å². The predicted molar refractivity (Wildman–Crippen MR) is 137 cm³/mol. The second kappa shape index (κ2) is 9.29. The molecule has 3 unspecified atom stereocenters. The number of likely N-dealkylation sites (tertiary alicyclic amines) is 2. The van der Waals surface area contributed by atoms with Crippen molar-refractivity contribution in [2.24, 2.45) is 5.92 Å². The molecule has 0 spiro atoms. The summed E-state index contributed by atoms with van der Waals surface area (Å²) in [5.74, 6) is 1.79. The first kappa shape index (κ1) is 23.8. The molecule has 3 heterocycles. The average molecular weight is 483 g/mol. The number of nitrogens with zero attached hydrogens (tertiary/aromatic N) is 2. The van der Waals surface area contributed by atoms with Crippen molar-refractivity contribution in [2.75, 3.05) is 33.3 Å². The predicted octanol–water partition coefficient (Wildman–Crippen LogP) is 4.40. The monoisotopic (exact) mass is 482 g/mol. The van der Waals surface area contributed by atoms with E-state index >= 15 is 0 Å². The number of aryl methyl sites for hydroxylation is 1. The summed E-state index contributed by atoms with van der Waals surface area (Å²) in [5.41, 5.74) is 1.08. The van der Waals surface area contributed by atoms with Crippen LogP contribution in [0.5, 0.6) is 5.75 Å². The van der Waals surface area contributed by atoms with Gasteiger partial charge in [-0.15, -0.1) is 11.3 Å². The standard InChI is InChI=1S/C28H38N2O3S/c1-20-6-9-23(33-3)17-25(20)27-10-13-29(26(31)18-24-5-4-16-34-24)15-12-28(27,32)21(2)30(14-11-27)19-22-7-8-22/h4-6,9,16-17,21-22,32H,7-8,10-15,18-19H2,1-3H3. The van der Waals surface area contributed by atoms with Gasteiger partial charge in [-0.25, -0.2) is 0 Å². The van der Waals surface area contributed by atoms with E-state index in [-0.39, 0.29) is 11.9 Å². The smallest absolute Gasteiger partial charge is 0.227 e. The molecule has 2 aromatic rings. The summed E-state index contributed by atoms with van der Waals surface area (Å²) in [7, 11) is 1.71. The van der Waals surface area contributed by atoms with E-state index in [0.29, 0.717) is 25.9 Å². The van der Waals surface area contributed by atoms with Gasteiger partial charge < -0.3 is 14.7 Å². The van der Waals surface area contributed by atoms with Gasteiger partial charge in [-0.3, -0.25) is 9.69 Å². The van der Waals surface area contributed by atoms with Crippen LogP contribution >= 0.6 is 11.3 Å². The molecule has 1 aromatic carbocycles. The molecule has 2 saturated heterocycles. The van der Waals surface area contributed by atoms with Crippen LogP contribution in [0.4, 0.5) is 0 Å². The molecule has 5 rings (SSSR count). The number of fused-ring (bicyclic) bond motifs is 1. The zero-order valence-electron chi connectivity index (χ0n) is 20.8. The summed E-state index contributed by atoms with van der Waals surface area (Å²) in [4.78, 5) is 18.9. The topological polar surface area (TPSA) is 53.0 Å². The number of amides is 1. The third-order valence-corrected chi connectivity index (χ3v) is 9.75. The second-order valence-corrected chi connectivity index (χ2v) is 11.7. The lowest BCUT2D eigenvalue weighted by Gasteiger charge is -2.57. The molecule has 6 heteroatoms. The number of methoxy groups -OCH3 is 1. The average Bonchev–Trinajstić information content (AvgIpc) is 3.54. The van der Waals surface area contributed by atoms with Gasteiger partial charge in [0, 0.05) is 36.0 Å². The lowest BCUT2D eigenvalue weighted by atomic mass is 9.57. The highest BCUT2D eigenvalue weighted by Crippen LogP contribution is 2.53. The van der Waals surface area contributed by atoms with Gasteiger partial charge in [0.25, 0.3) is 0 Å². The fourth-order valence-corrected chi connectivity index (χ4v) is 7.23. The number of rotatable bonds is 6. The zero-order valence-corrected chi connectivity index (χ0v) is 21.6. The number of benzene rings is 1. The van der Waals surface area contributed by atoms with Crippen molar-refractivity contribution in [3.05, 3.63) is 51.7 Å². The molecule has 0 bridgehead atoms. The molecule has 184 valence electrons. The molecule has 1 N–H and O–H groups in total. The molecule has 1 amide bonds. The summed E-state index contributed by atoms with van der Waals surface area (Å²) >= 11 is 1.64. The van der Waals surface area contributed by atoms with E-state index < -0.39 is 11.0 Å². The minimum Gasteiger partial charge on any atom is -0.497 e. The molecule has 3 fully saturated rings. The van der Waals surface area contributed by atoms with Crippen molar-refractivity contribution in [1.82, 2.24) is 9.80 Å². The van der Waals surface area contributed by atoms with Gasteiger partial charge in [0.1, 0.15) is 5.75 Å². The number of carbonyl (C=O) groups is 1. The number of hydrogen-bond acceptors (Lipinski definition) is 5. The van der Waals surface area contributed by atoms with Gasteiger partial charge in [0.05, 0.1) is 19.1 Å². The Morgan fingerprint density at radius 3 is 2.65 bits per heavy atom. The highest BCUT2D eigenvalue weighted by atomic mass is 32.1. The molecule has 5 nitrogen and oxygen atoms in total. The van der Waals surface area contributed by atoms with Crippen molar-refractivity contribution in [1.29, 1.82) is 0 Å². The first-order chi connectivity index (χ1) is 16.4. The normalized spacial score (nSPS) is 30.0. The molecule has 0 radical (unpaired) electrons. The number of hydrogen-bond donors (Lipinski definition) is 1. The van der Waals surface area contributed by atoms with Crippen molar-refractivity contribution >= 4 is 17.2 Å².